The Kier molecular flexibility index (Phi) is 6.76. The van der Waals surface area contributed by atoms with E-state index in [0.717, 1.165) is 85.2 Å². The lowest BCUT2D eigenvalue weighted by Crippen LogP contribution is -2.47. The maximum Gasteiger partial charge on any atom is 0.254 e. The minimum atomic E-state index is -0.700. The predicted molar refractivity (Wildman–Crippen MR) is 150 cm³/mol. The van der Waals surface area contributed by atoms with Gasteiger partial charge in [-0.1, -0.05) is 66.7 Å². The molecule has 0 unspecified atom stereocenters. The van der Waals surface area contributed by atoms with Crippen LogP contribution >= 0.6 is 0 Å². The monoisotopic (exact) mass is 508 g/mol. The molecule has 2 aliphatic heterocycles. The Morgan fingerprint density at radius 3 is 2.13 bits per heavy atom. The highest BCUT2D eigenvalue weighted by Crippen LogP contribution is 2.51. The number of nitrogens with one attached hydrogen (secondary N) is 1. The summed E-state index contributed by atoms with van der Waals surface area (Å²) in [6.07, 6.45) is 3.65. The van der Waals surface area contributed by atoms with Crippen molar-refractivity contribution in [1.29, 1.82) is 0 Å². The van der Waals surface area contributed by atoms with Gasteiger partial charge in [0.1, 0.15) is 5.41 Å². The molecule has 0 spiro atoms. The summed E-state index contributed by atoms with van der Waals surface area (Å²) in [6, 6.07) is 25.0. The largest absolute Gasteiger partial charge is 0.354 e. The number of rotatable bonds is 8. The molecular formula is C32H36N4O2. The van der Waals surface area contributed by atoms with Crippen molar-refractivity contribution in [2.24, 2.45) is 5.73 Å². The summed E-state index contributed by atoms with van der Waals surface area (Å²) in [5, 5.41) is 3.12. The first-order valence-corrected chi connectivity index (χ1v) is 13.9. The van der Waals surface area contributed by atoms with E-state index in [2.05, 4.69) is 57.6 Å². The van der Waals surface area contributed by atoms with Gasteiger partial charge in [-0.15, -0.1) is 0 Å². The van der Waals surface area contributed by atoms with Gasteiger partial charge in [0.25, 0.3) is 5.91 Å². The van der Waals surface area contributed by atoms with Gasteiger partial charge in [-0.2, -0.15) is 0 Å². The van der Waals surface area contributed by atoms with E-state index in [1.165, 1.54) is 0 Å². The van der Waals surface area contributed by atoms with Gasteiger partial charge in [-0.25, -0.2) is 0 Å². The topological polar surface area (TPSA) is 78.7 Å². The van der Waals surface area contributed by atoms with Crippen LogP contribution in [0.2, 0.25) is 0 Å². The molecule has 0 bridgehead atoms. The van der Waals surface area contributed by atoms with Crippen LogP contribution in [0.15, 0.2) is 72.8 Å². The lowest BCUT2D eigenvalue weighted by Gasteiger charge is -2.37. The number of amides is 2. The molecule has 1 aliphatic carbocycles. The number of piperidine rings is 1. The zero-order valence-corrected chi connectivity index (χ0v) is 21.9. The first-order chi connectivity index (χ1) is 18.6. The van der Waals surface area contributed by atoms with Crippen molar-refractivity contribution in [2.75, 3.05) is 32.7 Å². The molecular weight excluding hydrogens is 472 g/mol. The Balaban J connectivity index is 1.14. The first-order valence-electron chi connectivity index (χ1n) is 13.9. The van der Waals surface area contributed by atoms with E-state index >= 15 is 0 Å². The highest BCUT2D eigenvalue weighted by atomic mass is 16.2. The van der Waals surface area contributed by atoms with Gasteiger partial charge in [0.2, 0.25) is 5.91 Å². The molecule has 0 radical (unpaired) electrons. The number of benzene rings is 3. The standard InChI is InChI=1S/C32H36N4O2/c33-17-18-34-31(38)32(28-12-5-3-10-26(28)27-11-4-6-13-29(27)32)16-7-19-35-20-14-24(15-21-35)36-22-23-8-1-2-9-25(23)30(36)37/h1-6,8-13,24H,7,14-22,33H2,(H,34,38). The van der Waals surface area contributed by atoms with Crippen molar-refractivity contribution < 1.29 is 9.59 Å². The number of likely N-dealkylation sites (tertiary alicyclic amines) is 1. The second-order valence-corrected chi connectivity index (χ2v) is 10.8. The molecule has 2 amide bonds. The van der Waals surface area contributed by atoms with Crippen LogP contribution in [0.1, 0.15) is 52.7 Å². The van der Waals surface area contributed by atoms with E-state index in [1.54, 1.807) is 0 Å². The molecule has 1 fully saturated rings. The third kappa shape index (κ3) is 4.12. The van der Waals surface area contributed by atoms with Crippen molar-refractivity contribution in [1.82, 2.24) is 15.1 Å². The molecule has 3 aliphatic rings. The second-order valence-electron chi connectivity index (χ2n) is 10.8. The number of hydrogen-bond acceptors (Lipinski definition) is 4. The van der Waals surface area contributed by atoms with Crippen LogP contribution in [0.5, 0.6) is 0 Å². The normalized spacial score (nSPS) is 18.2. The van der Waals surface area contributed by atoms with Crippen LogP contribution < -0.4 is 11.1 Å². The number of hydrogen-bond donors (Lipinski definition) is 2. The first kappa shape index (κ1) is 24.8. The fraction of sp³-hybridized carbons (Fsp3) is 0.375. The molecule has 1 saturated heterocycles. The molecule has 0 aromatic heterocycles. The third-order valence-corrected chi connectivity index (χ3v) is 8.75. The Morgan fingerprint density at radius 1 is 0.895 bits per heavy atom. The Morgan fingerprint density at radius 2 is 1.50 bits per heavy atom. The Labute approximate surface area is 224 Å². The summed E-state index contributed by atoms with van der Waals surface area (Å²) in [5.41, 5.74) is 11.6. The molecule has 196 valence electrons. The van der Waals surface area contributed by atoms with Crippen molar-refractivity contribution in [2.45, 2.75) is 43.7 Å². The SMILES string of the molecule is NCCNC(=O)C1(CCCN2CCC(N3Cc4ccccc4C3=O)CC2)c2ccccc2-c2ccccc21. The third-order valence-electron chi connectivity index (χ3n) is 8.75. The van der Waals surface area contributed by atoms with Gasteiger partial charge in [0, 0.05) is 44.3 Å². The van der Waals surface area contributed by atoms with Gasteiger partial charge in [0.05, 0.1) is 0 Å². The smallest absolute Gasteiger partial charge is 0.254 e. The van der Waals surface area contributed by atoms with E-state index in [4.69, 9.17) is 5.73 Å². The average molecular weight is 509 g/mol. The summed E-state index contributed by atoms with van der Waals surface area (Å²) < 4.78 is 0. The summed E-state index contributed by atoms with van der Waals surface area (Å²) in [6.45, 7) is 4.52. The lowest BCUT2D eigenvalue weighted by atomic mass is 9.73. The van der Waals surface area contributed by atoms with Gasteiger partial charge >= 0.3 is 0 Å². The zero-order valence-electron chi connectivity index (χ0n) is 21.9. The van der Waals surface area contributed by atoms with E-state index in [-0.39, 0.29) is 11.8 Å². The van der Waals surface area contributed by atoms with Crippen LogP contribution in [-0.4, -0.2) is 60.4 Å². The van der Waals surface area contributed by atoms with Crippen molar-refractivity contribution in [3.05, 3.63) is 95.1 Å². The molecule has 0 saturated carbocycles. The quantitative estimate of drug-likeness (QED) is 0.483. The van der Waals surface area contributed by atoms with Gasteiger partial charge in [-0.3, -0.25) is 9.59 Å². The minimum Gasteiger partial charge on any atom is -0.354 e. The average Bonchev–Trinajstić information content (AvgIpc) is 3.45. The molecule has 6 nitrogen and oxygen atoms in total. The predicted octanol–water partition coefficient (Wildman–Crippen LogP) is 3.93. The van der Waals surface area contributed by atoms with Gasteiger partial charge < -0.3 is 20.9 Å². The fourth-order valence-corrected chi connectivity index (χ4v) is 6.88. The van der Waals surface area contributed by atoms with E-state index in [0.29, 0.717) is 19.1 Å². The fourth-order valence-electron chi connectivity index (χ4n) is 6.88. The zero-order chi connectivity index (χ0) is 26.1. The minimum absolute atomic E-state index is 0.0474. The molecule has 38 heavy (non-hydrogen) atoms. The van der Waals surface area contributed by atoms with Crippen molar-refractivity contribution in [3.63, 3.8) is 0 Å². The van der Waals surface area contributed by atoms with E-state index in [1.807, 2.05) is 30.3 Å². The number of carbonyl (C=O) groups excluding carboxylic acids is 2. The van der Waals surface area contributed by atoms with Crippen molar-refractivity contribution in [3.8, 4) is 11.1 Å². The summed E-state index contributed by atoms with van der Waals surface area (Å²) in [5.74, 6) is 0.231. The maximum absolute atomic E-state index is 13.8. The molecule has 3 N–H and O–H groups in total. The van der Waals surface area contributed by atoms with E-state index < -0.39 is 5.41 Å². The summed E-state index contributed by atoms with van der Waals surface area (Å²) in [7, 11) is 0. The lowest BCUT2D eigenvalue weighted by molar-refractivity contribution is -0.125. The summed E-state index contributed by atoms with van der Waals surface area (Å²) >= 11 is 0. The van der Waals surface area contributed by atoms with Crippen molar-refractivity contribution >= 4 is 11.8 Å². The van der Waals surface area contributed by atoms with Crippen LogP contribution in [0.25, 0.3) is 11.1 Å². The summed E-state index contributed by atoms with van der Waals surface area (Å²) in [4.78, 5) is 31.3. The molecule has 3 aromatic rings. The van der Waals surface area contributed by atoms with Crippen LogP contribution in [0, 0.1) is 0 Å². The molecule has 0 atom stereocenters. The number of fused-ring (bicyclic) bond motifs is 4. The number of nitrogens with two attached hydrogens (primary N) is 1. The Bertz CT molecular complexity index is 1300. The molecule has 6 rings (SSSR count). The van der Waals surface area contributed by atoms with Crippen LogP contribution in [-0.2, 0) is 16.8 Å². The van der Waals surface area contributed by atoms with Gasteiger partial charge in [-0.05, 0) is 66.1 Å². The Hall–Kier alpha value is -3.48. The molecule has 6 heteroatoms. The number of carbonyl (C=O) groups is 2. The van der Waals surface area contributed by atoms with E-state index in [9.17, 15) is 9.59 Å². The van der Waals surface area contributed by atoms with Gasteiger partial charge in [0.15, 0.2) is 0 Å². The molecule has 3 aromatic carbocycles. The molecule has 2 heterocycles. The second kappa shape index (κ2) is 10.4. The highest BCUT2D eigenvalue weighted by molar-refractivity contribution is 6.00. The highest BCUT2D eigenvalue weighted by Gasteiger charge is 2.48. The number of nitrogens with zero attached hydrogens (tertiary/aromatic N) is 2. The maximum atomic E-state index is 13.8. The van der Waals surface area contributed by atoms with Crippen LogP contribution in [0.4, 0.5) is 0 Å². The van der Waals surface area contributed by atoms with Crippen LogP contribution in [0.3, 0.4) is 0 Å².